The zero-order valence-corrected chi connectivity index (χ0v) is 13.6. The first-order valence-electron chi connectivity index (χ1n) is 7.57. The molecule has 3 nitrogen and oxygen atoms in total. The van der Waals surface area contributed by atoms with Gasteiger partial charge in [0.2, 0.25) is 0 Å². The van der Waals surface area contributed by atoms with E-state index in [1.54, 1.807) is 24.0 Å². The zero-order valence-electron chi connectivity index (χ0n) is 12.7. The van der Waals surface area contributed by atoms with Gasteiger partial charge in [0, 0.05) is 16.8 Å². The van der Waals surface area contributed by atoms with Crippen LogP contribution in [0.2, 0.25) is 0 Å². The quantitative estimate of drug-likeness (QED) is 0.530. The Morgan fingerprint density at radius 3 is 2.71 bits per heavy atom. The van der Waals surface area contributed by atoms with Crippen molar-refractivity contribution in [1.82, 2.24) is 15.0 Å². The first kappa shape index (κ1) is 14.9. The van der Waals surface area contributed by atoms with Gasteiger partial charge in [0.1, 0.15) is 11.5 Å². The molecule has 0 aliphatic heterocycles. The van der Waals surface area contributed by atoms with E-state index in [1.807, 2.05) is 48.5 Å². The number of thioether (sulfide) groups is 1. The second kappa shape index (κ2) is 6.45. The van der Waals surface area contributed by atoms with Gasteiger partial charge >= 0.3 is 0 Å². The molecule has 2 heterocycles. The van der Waals surface area contributed by atoms with Gasteiger partial charge < -0.3 is 4.98 Å². The Bertz CT molecular complexity index is 982. The maximum atomic E-state index is 13.7. The minimum Gasteiger partial charge on any atom is -0.337 e. The number of benzene rings is 2. The summed E-state index contributed by atoms with van der Waals surface area (Å²) in [6, 6.07) is 18.6. The Balaban J connectivity index is 1.58. The molecule has 24 heavy (non-hydrogen) atoms. The van der Waals surface area contributed by atoms with Gasteiger partial charge in [-0.1, -0.05) is 24.3 Å². The van der Waals surface area contributed by atoms with E-state index in [-0.39, 0.29) is 5.82 Å². The smallest absolute Gasteiger partial charge is 0.157 e. The summed E-state index contributed by atoms with van der Waals surface area (Å²) in [4.78, 5) is 13.3. The molecule has 0 fully saturated rings. The van der Waals surface area contributed by atoms with E-state index in [0.717, 1.165) is 27.4 Å². The number of H-pyrrole nitrogens is 1. The van der Waals surface area contributed by atoms with E-state index in [0.29, 0.717) is 11.3 Å². The Morgan fingerprint density at radius 1 is 1.00 bits per heavy atom. The molecular weight excluding hydrogens is 321 g/mol. The number of aromatic amines is 1. The average molecular weight is 335 g/mol. The van der Waals surface area contributed by atoms with Gasteiger partial charge in [-0.15, -0.1) is 11.8 Å². The third-order valence-electron chi connectivity index (χ3n) is 3.71. The van der Waals surface area contributed by atoms with E-state index in [1.165, 1.54) is 6.07 Å². The fourth-order valence-electron chi connectivity index (χ4n) is 2.48. The predicted octanol–water partition coefficient (Wildman–Crippen LogP) is 5.06. The fraction of sp³-hybridized carbons (Fsp3) is 0.0526. The summed E-state index contributed by atoms with van der Waals surface area (Å²) in [7, 11) is 0. The second-order valence-electron chi connectivity index (χ2n) is 5.36. The van der Waals surface area contributed by atoms with Crippen LogP contribution in [0, 0.1) is 5.82 Å². The van der Waals surface area contributed by atoms with Gasteiger partial charge in [-0.05, 0) is 42.0 Å². The molecule has 118 valence electrons. The number of fused-ring (bicyclic) bond motifs is 1. The van der Waals surface area contributed by atoms with Crippen LogP contribution in [-0.4, -0.2) is 15.0 Å². The highest BCUT2D eigenvalue weighted by molar-refractivity contribution is 7.98. The number of aromatic nitrogens is 3. The lowest BCUT2D eigenvalue weighted by atomic mass is 10.2. The molecule has 4 rings (SSSR count). The van der Waals surface area contributed by atoms with Crippen LogP contribution >= 0.6 is 11.8 Å². The third-order valence-corrected chi connectivity index (χ3v) is 4.76. The fourth-order valence-corrected chi connectivity index (χ4v) is 3.40. The average Bonchev–Trinajstić information content (AvgIpc) is 3.05. The normalized spacial score (nSPS) is 11.0. The van der Waals surface area contributed by atoms with Gasteiger partial charge in [0.15, 0.2) is 5.82 Å². The number of nitrogens with zero attached hydrogens (tertiary/aromatic N) is 2. The van der Waals surface area contributed by atoms with Crippen molar-refractivity contribution in [2.45, 2.75) is 10.6 Å². The first-order chi connectivity index (χ1) is 11.8. The van der Waals surface area contributed by atoms with Crippen molar-refractivity contribution in [3.63, 3.8) is 0 Å². The summed E-state index contributed by atoms with van der Waals surface area (Å²) in [6.45, 7) is 0. The minimum atomic E-state index is -0.162. The Kier molecular flexibility index (Phi) is 4.01. The number of hydrogen-bond donors (Lipinski definition) is 1. The number of halogens is 1. The molecular formula is C19H14FN3S. The lowest BCUT2D eigenvalue weighted by molar-refractivity contribution is 0.617. The summed E-state index contributed by atoms with van der Waals surface area (Å²) in [5.74, 6) is 1.19. The molecule has 0 unspecified atom stereocenters. The molecule has 0 amide bonds. The highest BCUT2D eigenvalue weighted by Crippen LogP contribution is 2.27. The summed E-state index contributed by atoms with van der Waals surface area (Å²) in [5.41, 5.74) is 3.37. The number of rotatable bonds is 4. The number of pyridine rings is 1. The molecule has 1 N–H and O–H groups in total. The van der Waals surface area contributed by atoms with Crippen LogP contribution in [0.1, 0.15) is 5.56 Å². The van der Waals surface area contributed by atoms with Crippen molar-refractivity contribution in [1.29, 1.82) is 0 Å². The van der Waals surface area contributed by atoms with Crippen molar-refractivity contribution in [3.05, 3.63) is 78.2 Å². The van der Waals surface area contributed by atoms with Crippen LogP contribution in [0.25, 0.3) is 22.6 Å². The van der Waals surface area contributed by atoms with Crippen molar-refractivity contribution < 1.29 is 4.39 Å². The summed E-state index contributed by atoms with van der Waals surface area (Å²) < 4.78 is 13.7. The van der Waals surface area contributed by atoms with Gasteiger partial charge in [-0.2, -0.15) is 0 Å². The van der Waals surface area contributed by atoms with Gasteiger partial charge in [-0.3, -0.25) is 4.98 Å². The van der Waals surface area contributed by atoms with Gasteiger partial charge in [0.05, 0.1) is 11.0 Å². The summed E-state index contributed by atoms with van der Waals surface area (Å²) in [6.07, 6.45) is 1.75. The standard InChI is InChI=1S/C19H14FN3S/c20-15-6-2-1-5-13(15)12-24-14-8-9-16-18(11-14)23-19(22-16)17-7-3-4-10-21-17/h1-11H,12H2,(H,22,23). The monoisotopic (exact) mass is 335 g/mol. The molecule has 0 radical (unpaired) electrons. The van der Waals surface area contributed by atoms with Crippen molar-refractivity contribution in [2.24, 2.45) is 0 Å². The van der Waals surface area contributed by atoms with Crippen molar-refractivity contribution in [3.8, 4) is 11.5 Å². The van der Waals surface area contributed by atoms with Crippen LogP contribution in [0.4, 0.5) is 4.39 Å². The molecule has 0 saturated carbocycles. The SMILES string of the molecule is Fc1ccccc1CSc1ccc2nc(-c3ccccn3)[nH]c2c1. The van der Waals surface area contributed by atoms with Crippen molar-refractivity contribution in [2.75, 3.05) is 0 Å². The van der Waals surface area contributed by atoms with E-state index in [4.69, 9.17) is 0 Å². The van der Waals surface area contributed by atoms with E-state index < -0.39 is 0 Å². The first-order valence-corrected chi connectivity index (χ1v) is 8.55. The lowest BCUT2D eigenvalue weighted by Crippen LogP contribution is -1.86. The maximum absolute atomic E-state index is 13.7. The molecule has 0 aliphatic rings. The molecule has 4 aromatic rings. The minimum absolute atomic E-state index is 0.162. The number of hydrogen-bond acceptors (Lipinski definition) is 3. The Labute approximate surface area is 143 Å². The van der Waals surface area contributed by atoms with Crippen LogP contribution < -0.4 is 0 Å². The second-order valence-corrected chi connectivity index (χ2v) is 6.41. The molecule has 2 aromatic carbocycles. The maximum Gasteiger partial charge on any atom is 0.157 e. The molecule has 5 heteroatoms. The topological polar surface area (TPSA) is 41.6 Å². The van der Waals surface area contributed by atoms with Crippen LogP contribution in [0.3, 0.4) is 0 Å². The molecule has 0 spiro atoms. The highest BCUT2D eigenvalue weighted by Gasteiger charge is 2.08. The largest absolute Gasteiger partial charge is 0.337 e. The Hall–Kier alpha value is -2.66. The molecule has 2 aromatic heterocycles. The van der Waals surface area contributed by atoms with Crippen LogP contribution in [-0.2, 0) is 5.75 Å². The Morgan fingerprint density at radius 2 is 1.88 bits per heavy atom. The highest BCUT2D eigenvalue weighted by atomic mass is 32.2. The van der Waals surface area contributed by atoms with Crippen LogP contribution in [0.5, 0.6) is 0 Å². The van der Waals surface area contributed by atoms with Crippen molar-refractivity contribution >= 4 is 22.8 Å². The number of nitrogens with one attached hydrogen (secondary N) is 1. The lowest BCUT2D eigenvalue weighted by Gasteiger charge is -2.03. The van der Waals surface area contributed by atoms with Crippen LogP contribution in [0.15, 0.2) is 71.8 Å². The molecule has 0 saturated heterocycles. The zero-order chi connectivity index (χ0) is 16.4. The summed E-state index contributed by atoms with van der Waals surface area (Å²) in [5, 5.41) is 0. The van der Waals surface area contributed by atoms with E-state index >= 15 is 0 Å². The molecule has 0 bridgehead atoms. The molecule has 0 aliphatic carbocycles. The van der Waals surface area contributed by atoms with Gasteiger partial charge in [0.25, 0.3) is 0 Å². The van der Waals surface area contributed by atoms with E-state index in [2.05, 4.69) is 15.0 Å². The third kappa shape index (κ3) is 3.03. The molecule has 0 atom stereocenters. The van der Waals surface area contributed by atoms with E-state index in [9.17, 15) is 4.39 Å². The predicted molar refractivity (Wildman–Crippen MR) is 95.3 cm³/mol. The number of imidazole rings is 1. The summed E-state index contributed by atoms with van der Waals surface area (Å²) >= 11 is 1.60. The van der Waals surface area contributed by atoms with Gasteiger partial charge in [-0.25, -0.2) is 9.37 Å².